The summed E-state index contributed by atoms with van der Waals surface area (Å²) in [4.78, 5) is 4.92. The van der Waals surface area contributed by atoms with E-state index < -0.39 is 11.0 Å². The van der Waals surface area contributed by atoms with Gasteiger partial charge in [-0.05, 0) is 25.6 Å². The van der Waals surface area contributed by atoms with E-state index in [1.807, 2.05) is 6.92 Å². The average molecular weight is 326 g/mol. The monoisotopic (exact) mass is 326 g/mol. The number of hydrogen-bond donors (Lipinski definition) is 2. The highest BCUT2D eigenvalue weighted by atomic mass is 16.9. The highest BCUT2D eigenvalue weighted by Crippen LogP contribution is 2.14. The van der Waals surface area contributed by atoms with Crippen molar-refractivity contribution in [1.82, 2.24) is 0 Å². The minimum atomic E-state index is -0.853. The lowest BCUT2D eigenvalue weighted by Gasteiger charge is -2.37. The normalized spacial score (nSPS) is 14.3. The van der Waals surface area contributed by atoms with Gasteiger partial charge in [0, 0.05) is 32.9 Å². The molecule has 2 N–H and O–H groups in total. The van der Waals surface area contributed by atoms with Crippen molar-refractivity contribution in [2.24, 2.45) is 0 Å². The molecular formula is C16H26N2O5. The molecule has 7 heteroatoms. The number of nitrogens with one attached hydrogen (secondary N) is 2. The quantitative estimate of drug-likeness (QED) is 0.376. The van der Waals surface area contributed by atoms with E-state index in [1.165, 1.54) is 0 Å². The standard InChI is InChI=1S/C16H26N2O5/c1-6-22-16(4,5)17(19)14-7-9-15(10-8-14)21-11-12-23-18(20)13(2)3/h7-10,17-18H,2,6,11-12H2,1,3-5H3. The van der Waals surface area contributed by atoms with Gasteiger partial charge in [0.15, 0.2) is 5.72 Å². The summed E-state index contributed by atoms with van der Waals surface area (Å²) in [5, 5.41) is 23.0. The topological polar surface area (TPSA) is 82.7 Å². The first-order valence-corrected chi connectivity index (χ1v) is 7.52. The van der Waals surface area contributed by atoms with Gasteiger partial charge in [0.1, 0.15) is 30.3 Å². The maximum Gasteiger partial charge on any atom is 0.200 e. The number of hydrogen-bond acceptors (Lipinski definition) is 5. The van der Waals surface area contributed by atoms with Crippen LogP contribution < -0.4 is 15.0 Å². The molecule has 0 spiro atoms. The molecule has 2 atom stereocenters. The Balaban J connectivity index is 2.49. The van der Waals surface area contributed by atoms with Crippen LogP contribution in [0.5, 0.6) is 5.75 Å². The van der Waals surface area contributed by atoms with Crippen molar-refractivity contribution >= 4 is 5.69 Å². The second-order valence-corrected chi connectivity index (χ2v) is 5.56. The molecule has 7 nitrogen and oxygen atoms in total. The first kappa shape index (κ1) is 19.6. The number of rotatable bonds is 10. The third-order valence-electron chi connectivity index (χ3n) is 3.10. The molecule has 1 rings (SSSR count). The maximum atomic E-state index is 12.3. The highest BCUT2D eigenvalue weighted by Gasteiger charge is 2.26. The first-order chi connectivity index (χ1) is 10.8. The minimum absolute atomic E-state index is 0.0821. The molecule has 23 heavy (non-hydrogen) atoms. The fourth-order valence-corrected chi connectivity index (χ4v) is 1.89. The summed E-state index contributed by atoms with van der Waals surface area (Å²) in [5.74, 6) is 0.599. The van der Waals surface area contributed by atoms with E-state index in [1.54, 1.807) is 45.0 Å². The summed E-state index contributed by atoms with van der Waals surface area (Å²) >= 11 is 0. The Morgan fingerprint density at radius 3 is 2.30 bits per heavy atom. The molecular weight excluding hydrogens is 300 g/mol. The zero-order valence-electron chi connectivity index (χ0n) is 14.2. The molecule has 0 saturated carbocycles. The smallest absolute Gasteiger partial charge is 0.200 e. The lowest BCUT2D eigenvalue weighted by atomic mass is 10.2. The van der Waals surface area contributed by atoms with Crippen molar-refractivity contribution in [2.75, 3.05) is 19.8 Å². The van der Waals surface area contributed by atoms with Gasteiger partial charge in [0.05, 0.1) is 6.61 Å². The molecule has 0 aliphatic heterocycles. The molecule has 130 valence electrons. The van der Waals surface area contributed by atoms with Gasteiger partial charge in [-0.3, -0.25) is 0 Å². The van der Waals surface area contributed by atoms with Gasteiger partial charge in [-0.15, -0.1) is 0 Å². The van der Waals surface area contributed by atoms with E-state index >= 15 is 0 Å². The van der Waals surface area contributed by atoms with Gasteiger partial charge < -0.3 is 25.0 Å². The van der Waals surface area contributed by atoms with Gasteiger partial charge in [0.2, 0.25) is 0 Å². The van der Waals surface area contributed by atoms with Gasteiger partial charge in [0.25, 0.3) is 0 Å². The summed E-state index contributed by atoms with van der Waals surface area (Å²) < 4.78 is 10.9. The summed E-state index contributed by atoms with van der Waals surface area (Å²) in [6, 6.07) is 6.79. The fourth-order valence-electron chi connectivity index (χ4n) is 1.89. The van der Waals surface area contributed by atoms with E-state index in [9.17, 15) is 10.4 Å². The summed E-state index contributed by atoms with van der Waals surface area (Å²) in [7, 11) is 0. The lowest BCUT2D eigenvalue weighted by molar-refractivity contribution is -1.02. The number of quaternary nitrogens is 2. The third-order valence-corrected chi connectivity index (χ3v) is 3.10. The zero-order valence-corrected chi connectivity index (χ0v) is 14.2. The predicted octanol–water partition coefficient (Wildman–Crippen LogP) is 0.700. The van der Waals surface area contributed by atoms with Crippen LogP contribution in [0.15, 0.2) is 36.5 Å². The van der Waals surface area contributed by atoms with Crippen LogP contribution in [-0.4, -0.2) is 25.5 Å². The van der Waals surface area contributed by atoms with Crippen LogP contribution >= 0.6 is 0 Å². The molecule has 0 heterocycles. The van der Waals surface area contributed by atoms with E-state index in [-0.39, 0.29) is 18.3 Å². The molecule has 0 bridgehead atoms. The summed E-state index contributed by atoms with van der Waals surface area (Å²) in [6.45, 7) is 11.3. The second-order valence-electron chi connectivity index (χ2n) is 5.56. The van der Waals surface area contributed by atoms with Crippen molar-refractivity contribution in [2.45, 2.75) is 33.4 Å². The Morgan fingerprint density at radius 2 is 1.78 bits per heavy atom. The maximum absolute atomic E-state index is 12.3. The molecule has 0 aliphatic rings. The Kier molecular flexibility index (Phi) is 7.63. The van der Waals surface area contributed by atoms with E-state index in [0.29, 0.717) is 23.7 Å². The van der Waals surface area contributed by atoms with Crippen LogP contribution in [0.2, 0.25) is 0 Å². The van der Waals surface area contributed by atoms with Crippen LogP contribution in [0.4, 0.5) is 5.69 Å². The van der Waals surface area contributed by atoms with E-state index in [4.69, 9.17) is 14.3 Å². The molecule has 1 aromatic carbocycles. The minimum Gasteiger partial charge on any atom is -0.627 e. The molecule has 2 unspecified atom stereocenters. The van der Waals surface area contributed by atoms with Crippen molar-refractivity contribution < 1.29 is 24.6 Å². The highest BCUT2D eigenvalue weighted by molar-refractivity contribution is 5.36. The Hall–Kier alpha value is -1.48. The molecule has 0 radical (unpaired) electrons. The largest absolute Gasteiger partial charge is 0.627 e. The van der Waals surface area contributed by atoms with E-state index in [0.717, 1.165) is 0 Å². The molecule has 1 aromatic rings. The fraction of sp³-hybridized carbons (Fsp3) is 0.500. The van der Waals surface area contributed by atoms with Crippen LogP contribution in [-0.2, 0) is 9.57 Å². The first-order valence-electron chi connectivity index (χ1n) is 7.52. The number of benzene rings is 1. The van der Waals surface area contributed by atoms with Crippen LogP contribution in [0.1, 0.15) is 27.7 Å². The van der Waals surface area contributed by atoms with E-state index in [2.05, 4.69) is 6.58 Å². The van der Waals surface area contributed by atoms with Crippen LogP contribution in [0, 0.1) is 10.4 Å². The zero-order chi connectivity index (χ0) is 17.5. The number of hydroxylamine groups is 3. The van der Waals surface area contributed by atoms with Crippen LogP contribution in [0.25, 0.3) is 0 Å². The average Bonchev–Trinajstić information content (AvgIpc) is 2.51. The Morgan fingerprint density at radius 1 is 1.17 bits per heavy atom. The Bertz CT molecular complexity index is 490. The van der Waals surface area contributed by atoms with Gasteiger partial charge in [-0.2, -0.15) is 10.1 Å². The van der Waals surface area contributed by atoms with Gasteiger partial charge in [-0.1, -0.05) is 0 Å². The molecule has 0 saturated heterocycles. The Labute approximate surface area is 137 Å². The molecule has 0 aliphatic carbocycles. The molecule has 0 fully saturated rings. The lowest BCUT2D eigenvalue weighted by Crippen LogP contribution is -3.11. The summed E-state index contributed by atoms with van der Waals surface area (Å²) in [5.41, 5.74) is 0.0581. The molecule has 0 amide bonds. The third kappa shape index (κ3) is 6.26. The number of ether oxygens (including phenoxy) is 2. The van der Waals surface area contributed by atoms with Crippen molar-refractivity contribution in [3.8, 4) is 5.75 Å². The van der Waals surface area contributed by atoms with Crippen molar-refractivity contribution in [3.63, 3.8) is 0 Å². The van der Waals surface area contributed by atoms with Crippen molar-refractivity contribution in [3.05, 3.63) is 47.0 Å². The number of allylic oxidation sites excluding steroid dienone is 1. The van der Waals surface area contributed by atoms with Crippen molar-refractivity contribution in [1.29, 1.82) is 0 Å². The predicted molar refractivity (Wildman–Crippen MR) is 86.7 cm³/mol. The SMILES string of the molecule is C=C(C)[NH+]([O-])OCCOc1ccc([NH+]([O-])C(C)(C)OCC)cc1. The van der Waals surface area contributed by atoms with Gasteiger partial charge in [-0.25, -0.2) is 0 Å². The van der Waals surface area contributed by atoms with Crippen LogP contribution in [0.3, 0.4) is 0 Å². The summed E-state index contributed by atoms with van der Waals surface area (Å²) in [6.07, 6.45) is 0. The molecule has 0 aromatic heterocycles. The van der Waals surface area contributed by atoms with Gasteiger partial charge >= 0.3 is 0 Å². The second kappa shape index (κ2) is 8.97.